The Morgan fingerprint density at radius 2 is 1.79 bits per heavy atom. The normalized spacial score (nSPS) is 13.2. The molecule has 0 saturated carbocycles. The lowest BCUT2D eigenvalue weighted by atomic mass is 9.98. The van der Waals surface area contributed by atoms with Crippen molar-refractivity contribution in [2.45, 2.75) is 32.1 Å². The zero-order valence-corrected chi connectivity index (χ0v) is 22.1. The smallest absolute Gasteiger partial charge is 0.227 e. The highest BCUT2D eigenvalue weighted by molar-refractivity contribution is 6.31. The molecule has 5 nitrogen and oxygen atoms in total. The largest absolute Gasteiger partial charge is 0.371 e. The molecule has 1 aliphatic rings. The maximum Gasteiger partial charge on any atom is 0.227 e. The summed E-state index contributed by atoms with van der Waals surface area (Å²) in [4.78, 5) is 24.1. The van der Waals surface area contributed by atoms with Gasteiger partial charge in [0.05, 0.1) is 5.69 Å². The van der Waals surface area contributed by atoms with Gasteiger partial charge in [0.2, 0.25) is 5.95 Å². The van der Waals surface area contributed by atoms with Crippen molar-refractivity contribution < 1.29 is 4.79 Å². The highest BCUT2D eigenvalue weighted by Crippen LogP contribution is 2.30. The van der Waals surface area contributed by atoms with E-state index in [4.69, 9.17) is 16.6 Å². The Balaban J connectivity index is 1.50. The summed E-state index contributed by atoms with van der Waals surface area (Å²) >= 11 is 6.50. The van der Waals surface area contributed by atoms with Crippen molar-refractivity contribution in [2.75, 3.05) is 23.3 Å². The first kappa shape index (κ1) is 25.7. The van der Waals surface area contributed by atoms with Crippen LogP contribution in [0.15, 0.2) is 91.6 Å². The Morgan fingerprint density at radius 1 is 0.974 bits per heavy atom. The van der Waals surface area contributed by atoms with Crippen LogP contribution in [0.2, 0.25) is 5.02 Å². The third kappa shape index (κ3) is 6.48. The number of ketones is 1. The van der Waals surface area contributed by atoms with E-state index in [0.29, 0.717) is 17.4 Å². The van der Waals surface area contributed by atoms with Crippen molar-refractivity contribution in [1.29, 1.82) is 0 Å². The molecule has 6 heteroatoms. The number of aromatic nitrogens is 2. The quantitative estimate of drug-likeness (QED) is 0.232. The predicted octanol–water partition coefficient (Wildman–Crippen LogP) is 7.42. The SMILES string of the molecule is C=CC(=O)Cc1cc(Cl)cc(-c2nc(Nc3cccc(N4CCCCC4)c3)ncc2Cc2ccccc2)c1. The number of hydrogen-bond acceptors (Lipinski definition) is 5. The van der Waals surface area contributed by atoms with Crippen LogP contribution < -0.4 is 10.2 Å². The van der Waals surface area contributed by atoms with Gasteiger partial charge in [-0.3, -0.25) is 4.79 Å². The van der Waals surface area contributed by atoms with Gasteiger partial charge in [-0.15, -0.1) is 0 Å². The van der Waals surface area contributed by atoms with E-state index in [9.17, 15) is 4.79 Å². The number of piperidine rings is 1. The number of carbonyl (C=O) groups excluding carboxylic acids is 1. The fraction of sp³-hybridized carbons (Fsp3) is 0.219. The molecule has 0 spiro atoms. The van der Waals surface area contributed by atoms with Gasteiger partial charge in [-0.2, -0.15) is 0 Å². The van der Waals surface area contributed by atoms with Gasteiger partial charge in [-0.25, -0.2) is 9.97 Å². The maximum atomic E-state index is 12.0. The lowest BCUT2D eigenvalue weighted by molar-refractivity contribution is -0.114. The van der Waals surface area contributed by atoms with Gasteiger partial charge < -0.3 is 10.2 Å². The highest BCUT2D eigenvalue weighted by atomic mass is 35.5. The summed E-state index contributed by atoms with van der Waals surface area (Å²) in [5.74, 6) is 0.456. The molecule has 0 amide bonds. The second-order valence-corrected chi connectivity index (χ2v) is 10.1. The Morgan fingerprint density at radius 3 is 2.58 bits per heavy atom. The Bertz CT molecular complexity index is 1430. The van der Waals surface area contributed by atoms with E-state index in [0.717, 1.165) is 46.7 Å². The first-order valence-corrected chi connectivity index (χ1v) is 13.4. The van der Waals surface area contributed by atoms with Gasteiger partial charge in [0.15, 0.2) is 5.78 Å². The van der Waals surface area contributed by atoms with Crippen LogP contribution in [0.5, 0.6) is 0 Å². The summed E-state index contributed by atoms with van der Waals surface area (Å²) in [6, 6.07) is 24.3. The Hall–Kier alpha value is -3.96. The zero-order chi connectivity index (χ0) is 26.3. The van der Waals surface area contributed by atoms with E-state index in [-0.39, 0.29) is 12.2 Å². The number of halogens is 1. The van der Waals surface area contributed by atoms with Gasteiger partial charge in [0.25, 0.3) is 0 Å². The Labute approximate surface area is 229 Å². The van der Waals surface area contributed by atoms with Gasteiger partial charge in [-0.05, 0) is 72.9 Å². The minimum atomic E-state index is -0.0543. The lowest BCUT2D eigenvalue weighted by Crippen LogP contribution is -2.29. The van der Waals surface area contributed by atoms with E-state index in [1.165, 1.54) is 31.0 Å². The van der Waals surface area contributed by atoms with Crippen LogP contribution in [0.25, 0.3) is 11.3 Å². The van der Waals surface area contributed by atoms with E-state index in [2.05, 4.69) is 52.1 Å². The molecular formula is C32H31ClN4O. The monoisotopic (exact) mass is 522 g/mol. The van der Waals surface area contributed by atoms with Crippen LogP contribution in [-0.2, 0) is 17.6 Å². The molecular weight excluding hydrogens is 492 g/mol. The molecule has 0 radical (unpaired) electrons. The van der Waals surface area contributed by atoms with Crippen LogP contribution in [0.1, 0.15) is 36.0 Å². The second-order valence-electron chi connectivity index (χ2n) is 9.65. The number of hydrogen-bond donors (Lipinski definition) is 1. The average Bonchev–Trinajstić information content (AvgIpc) is 2.94. The van der Waals surface area contributed by atoms with Crippen LogP contribution >= 0.6 is 11.6 Å². The molecule has 1 saturated heterocycles. The standard InChI is InChI=1S/C32H31ClN4O/c1-2-30(38)19-24-17-25(20-27(33)18-24)31-26(16-23-10-5-3-6-11-23)22-34-32(36-31)35-28-12-9-13-29(21-28)37-14-7-4-8-15-37/h2-3,5-6,9-13,17-18,20-22H,1,4,7-8,14-16,19H2,(H,34,35,36). The lowest BCUT2D eigenvalue weighted by Gasteiger charge is -2.29. The molecule has 1 N–H and O–H groups in total. The summed E-state index contributed by atoms with van der Waals surface area (Å²) in [7, 11) is 0. The molecule has 0 atom stereocenters. The van der Waals surface area contributed by atoms with Crippen LogP contribution in [0.4, 0.5) is 17.3 Å². The van der Waals surface area contributed by atoms with Crippen molar-refractivity contribution in [2.24, 2.45) is 0 Å². The van der Waals surface area contributed by atoms with Crippen molar-refractivity contribution in [1.82, 2.24) is 9.97 Å². The van der Waals surface area contributed by atoms with Gasteiger partial charge >= 0.3 is 0 Å². The predicted molar refractivity (Wildman–Crippen MR) is 156 cm³/mol. The number of benzene rings is 3. The molecule has 1 aliphatic heterocycles. The molecule has 38 heavy (non-hydrogen) atoms. The molecule has 0 aliphatic carbocycles. The number of allylic oxidation sites excluding steroid dienone is 1. The van der Waals surface area contributed by atoms with Crippen LogP contribution in [0, 0.1) is 0 Å². The third-order valence-corrected chi connectivity index (χ3v) is 6.98. The number of nitrogens with one attached hydrogen (secondary N) is 1. The summed E-state index contributed by atoms with van der Waals surface area (Å²) in [6.45, 7) is 5.77. The number of carbonyl (C=O) groups is 1. The summed E-state index contributed by atoms with van der Waals surface area (Å²) in [6.07, 6.45) is 7.89. The first-order valence-electron chi connectivity index (χ1n) is 13.0. The minimum absolute atomic E-state index is 0.0543. The zero-order valence-electron chi connectivity index (χ0n) is 21.4. The summed E-state index contributed by atoms with van der Waals surface area (Å²) < 4.78 is 0. The van der Waals surface area contributed by atoms with Gasteiger partial charge in [0, 0.05) is 59.7 Å². The fourth-order valence-electron chi connectivity index (χ4n) is 4.89. The Kier molecular flexibility index (Phi) is 8.15. The number of nitrogens with zero attached hydrogens (tertiary/aromatic N) is 3. The van der Waals surface area contributed by atoms with E-state index in [1.807, 2.05) is 48.7 Å². The molecule has 0 bridgehead atoms. The van der Waals surface area contributed by atoms with E-state index >= 15 is 0 Å². The van der Waals surface area contributed by atoms with Crippen molar-refractivity contribution in [3.05, 3.63) is 113 Å². The molecule has 4 aromatic rings. The molecule has 5 rings (SSSR count). The molecule has 3 aromatic carbocycles. The van der Waals surface area contributed by atoms with Crippen molar-refractivity contribution >= 4 is 34.7 Å². The molecule has 1 fully saturated rings. The van der Waals surface area contributed by atoms with Crippen LogP contribution in [-0.4, -0.2) is 28.8 Å². The minimum Gasteiger partial charge on any atom is -0.371 e. The molecule has 192 valence electrons. The highest BCUT2D eigenvalue weighted by Gasteiger charge is 2.15. The van der Waals surface area contributed by atoms with Gasteiger partial charge in [0.1, 0.15) is 0 Å². The summed E-state index contributed by atoms with van der Waals surface area (Å²) in [5, 5.41) is 3.96. The maximum absolute atomic E-state index is 12.0. The third-order valence-electron chi connectivity index (χ3n) is 6.76. The average molecular weight is 523 g/mol. The van der Waals surface area contributed by atoms with E-state index < -0.39 is 0 Å². The van der Waals surface area contributed by atoms with Gasteiger partial charge in [-0.1, -0.05) is 54.6 Å². The molecule has 2 heterocycles. The number of anilines is 3. The second kappa shape index (κ2) is 12.1. The van der Waals surface area contributed by atoms with Crippen LogP contribution in [0.3, 0.4) is 0 Å². The summed E-state index contributed by atoms with van der Waals surface area (Å²) in [5.41, 5.74) is 6.75. The molecule has 1 aromatic heterocycles. The van der Waals surface area contributed by atoms with Crippen molar-refractivity contribution in [3.63, 3.8) is 0 Å². The topological polar surface area (TPSA) is 58.1 Å². The molecule has 0 unspecified atom stereocenters. The fourth-order valence-corrected chi connectivity index (χ4v) is 5.14. The number of rotatable bonds is 9. The van der Waals surface area contributed by atoms with Crippen molar-refractivity contribution in [3.8, 4) is 11.3 Å². The first-order chi connectivity index (χ1) is 18.6. The van der Waals surface area contributed by atoms with E-state index in [1.54, 1.807) is 0 Å².